The normalized spacial score (nSPS) is 19.8. The molecule has 76 heavy (non-hydrogen) atoms. The molecule has 0 radical (unpaired) electrons. The van der Waals surface area contributed by atoms with Crippen LogP contribution in [0.5, 0.6) is 28.7 Å². The van der Waals surface area contributed by atoms with E-state index in [0.29, 0.717) is 47.6 Å². The van der Waals surface area contributed by atoms with Gasteiger partial charge in [-0.1, -0.05) is 135 Å². The lowest BCUT2D eigenvalue weighted by Gasteiger charge is -2.56. The minimum Gasteiger partial charge on any atom is -0.508 e. The molecule has 4 aliphatic heterocycles. The highest BCUT2D eigenvalue weighted by atomic mass is 16.5. The smallest absolute Gasteiger partial charge is 0.335 e. The first kappa shape index (κ1) is 52.2. The summed E-state index contributed by atoms with van der Waals surface area (Å²) in [6.07, 6.45) is 9.99. The van der Waals surface area contributed by atoms with Crippen LogP contribution in [0.3, 0.4) is 0 Å². The predicted octanol–water partition coefficient (Wildman–Crippen LogP) is 8.76. The van der Waals surface area contributed by atoms with Crippen LogP contribution in [0.4, 0.5) is 11.5 Å². The molecule has 1 aromatic heterocycles. The summed E-state index contributed by atoms with van der Waals surface area (Å²) in [6, 6.07) is 34.1. The van der Waals surface area contributed by atoms with Crippen LogP contribution >= 0.6 is 0 Å². The van der Waals surface area contributed by atoms with E-state index in [9.17, 15) is 20.1 Å². The van der Waals surface area contributed by atoms with Gasteiger partial charge in [0.15, 0.2) is 23.0 Å². The lowest BCUT2D eigenvalue weighted by Crippen LogP contribution is -2.61. The van der Waals surface area contributed by atoms with E-state index in [0.717, 1.165) is 96.6 Å². The number of aliphatic hydroxyl groups excluding tert-OH is 2. The zero-order chi connectivity index (χ0) is 52.8. The molecule has 1 saturated carbocycles. The number of guanidine groups is 1. The van der Waals surface area contributed by atoms with Crippen LogP contribution in [-0.2, 0) is 31.1 Å². The zero-order valence-corrected chi connectivity index (χ0v) is 43.7. The van der Waals surface area contributed by atoms with Crippen molar-refractivity contribution < 1.29 is 39.1 Å². The van der Waals surface area contributed by atoms with Gasteiger partial charge in [-0.15, -0.1) is 0 Å². The highest BCUT2D eigenvalue weighted by molar-refractivity contribution is 6.05. The van der Waals surface area contributed by atoms with Crippen molar-refractivity contribution >= 4 is 29.3 Å². The first-order valence-corrected chi connectivity index (χ1v) is 27.1. The molecule has 14 nitrogen and oxygen atoms in total. The molecule has 11 rings (SSSR count). The Morgan fingerprint density at radius 3 is 2.54 bits per heavy atom. The summed E-state index contributed by atoms with van der Waals surface area (Å²) in [4.78, 5) is 25.1. The number of phenols is 1. The summed E-state index contributed by atoms with van der Waals surface area (Å²) in [5.74, 6) is 1.84. The molecule has 9 N–H and O–H groups in total. The summed E-state index contributed by atoms with van der Waals surface area (Å²) >= 11 is 0. The van der Waals surface area contributed by atoms with Crippen LogP contribution in [0.1, 0.15) is 103 Å². The van der Waals surface area contributed by atoms with Gasteiger partial charge in [0, 0.05) is 24.5 Å². The van der Waals surface area contributed by atoms with Crippen molar-refractivity contribution in [3.05, 3.63) is 154 Å². The number of anilines is 1. The van der Waals surface area contributed by atoms with Crippen molar-refractivity contribution in [1.29, 1.82) is 0 Å². The lowest BCUT2D eigenvalue weighted by atomic mass is 9.63. The number of hydrogen-bond acceptors (Lipinski definition) is 10. The molecule has 4 atom stereocenters. The maximum absolute atomic E-state index is 12.3. The number of aliphatic imine (C=N–C) groups is 1. The number of aromatic hydroxyl groups is 1. The number of piperazine rings is 1. The number of nitrogens with two attached hydrogens (primary N) is 2. The summed E-state index contributed by atoms with van der Waals surface area (Å²) < 4.78 is 26.9. The summed E-state index contributed by atoms with van der Waals surface area (Å²) in [5.41, 5.74) is 21.9. The number of hydrogen-bond donors (Lipinski definition) is 6. The van der Waals surface area contributed by atoms with Crippen molar-refractivity contribution in [1.82, 2.24) is 10.3 Å². The molecular weight excluding hydrogens is 957 g/mol. The van der Waals surface area contributed by atoms with E-state index in [1.165, 1.54) is 12.0 Å². The van der Waals surface area contributed by atoms with Crippen LogP contribution in [-0.4, -0.2) is 90.6 Å². The fourth-order valence-corrected chi connectivity index (χ4v) is 12.0. The third-order valence-electron chi connectivity index (χ3n) is 15.9. The number of rotatable bonds is 11. The first-order chi connectivity index (χ1) is 37.0. The fourth-order valence-electron chi connectivity index (χ4n) is 12.0. The number of aryl methyl sites for hydroxylation is 2. The number of phenolic OH excluding ortho intramolecular Hbond substituents is 1. The van der Waals surface area contributed by atoms with Crippen LogP contribution in [0.15, 0.2) is 114 Å². The number of nitrogens with zero attached hydrogens (tertiary/aromatic N) is 3. The van der Waals surface area contributed by atoms with Gasteiger partial charge < -0.3 is 60.9 Å². The average molecular weight is 1030 g/mol. The summed E-state index contributed by atoms with van der Waals surface area (Å²) in [5, 5.41) is 36.4. The Bertz CT molecular complexity index is 3050. The third kappa shape index (κ3) is 11.0. The highest BCUT2D eigenvalue weighted by Crippen LogP contribution is 2.54. The Kier molecular flexibility index (Phi) is 16.0. The summed E-state index contributed by atoms with van der Waals surface area (Å²) in [7, 11) is 1.54. The standard InChI is InChI=1S/C62H71N6O8/c1-3-46-34-50-43-14-10-13-40(31-43)16-24-49-56-55(52(72)35-53(76-56)42-18-22-47(70)23-19-42)58(74-30-25-48(71)21-15-39-11-6-4-7-12-39)59(73-2)57(49)75-38-41(37-69)32-44-17-20-45(33-51(44)67-61(63)64)62(26-8-5-9-27-62)54-36-65-28-29-68(54)60(50)66-46/h4,6-7,10-15,17-23,31,33-34,41,48,53-54,65,69-71H,3,5,8-9,16,24-30,32,35-38H2,1-2H3,(H4,63,64,67)/q-1/p+1. The molecule has 2 fully saturated rings. The van der Waals surface area contributed by atoms with Crippen molar-refractivity contribution in [3.8, 4) is 39.9 Å². The minimum atomic E-state index is -0.835. The second-order valence-corrected chi connectivity index (χ2v) is 20.8. The SMILES string of the molecule is CCc1cc2c([n-]1)N1CCNCC1C1(CCCCC1)c1ccc(c(N=C(N)N)c1)CC(CO)COc1c(c3c(c(OCCC(O)C=Cc4ccccc4)c1OC)C(=[OH+])CC(c1ccc(O)cc1)O3)CCc1cccc-2c1. The van der Waals surface area contributed by atoms with Gasteiger partial charge in [-0.25, -0.2) is 4.99 Å². The van der Waals surface area contributed by atoms with Gasteiger partial charge in [-0.05, 0) is 127 Å². The number of benzene rings is 5. The van der Waals surface area contributed by atoms with Gasteiger partial charge in [-0.3, -0.25) is 4.79 Å². The number of nitrogens with one attached hydrogen (secondary N) is 1. The van der Waals surface area contributed by atoms with Gasteiger partial charge >= 0.3 is 5.78 Å². The zero-order valence-electron chi connectivity index (χ0n) is 43.7. The van der Waals surface area contributed by atoms with Gasteiger partial charge in [0.25, 0.3) is 0 Å². The van der Waals surface area contributed by atoms with Crippen molar-refractivity contribution in [2.45, 2.75) is 101 Å². The highest BCUT2D eigenvalue weighted by Gasteiger charge is 2.44. The molecule has 0 amide bonds. The lowest BCUT2D eigenvalue weighted by molar-refractivity contribution is 0.153. The van der Waals surface area contributed by atoms with Crippen LogP contribution in [0.25, 0.3) is 17.2 Å². The van der Waals surface area contributed by atoms with Crippen LogP contribution < -0.4 is 45.6 Å². The number of methoxy groups -OCH3 is 1. The Hall–Kier alpha value is -7.26. The molecule has 4 bridgehead atoms. The van der Waals surface area contributed by atoms with E-state index >= 15 is 0 Å². The Labute approximate surface area is 445 Å². The molecule has 5 aliphatic rings. The molecular formula is C62H72N6O8. The monoisotopic (exact) mass is 1030 g/mol. The fraction of sp³-hybridized carbons (Fsp3) is 0.387. The number of ketones is 1. The molecule has 14 heteroatoms. The molecule has 5 heterocycles. The number of ether oxygens (including phenoxy) is 4. The van der Waals surface area contributed by atoms with E-state index in [1.54, 1.807) is 37.5 Å². The molecule has 1 saturated heterocycles. The average Bonchev–Trinajstić information content (AvgIpc) is 3.92. The van der Waals surface area contributed by atoms with Gasteiger partial charge in [0.05, 0.1) is 32.1 Å². The van der Waals surface area contributed by atoms with Crippen LogP contribution in [0, 0.1) is 5.92 Å². The maximum atomic E-state index is 12.3. The predicted molar refractivity (Wildman–Crippen MR) is 299 cm³/mol. The first-order valence-electron chi connectivity index (χ1n) is 27.1. The molecule has 6 aromatic rings. The Morgan fingerprint density at radius 1 is 0.961 bits per heavy atom. The molecule has 5 aromatic carbocycles. The Balaban J connectivity index is 1.12. The summed E-state index contributed by atoms with van der Waals surface area (Å²) in [6.45, 7) is 4.48. The molecule has 398 valence electrons. The minimum absolute atomic E-state index is 0.0292. The molecule has 4 unspecified atom stereocenters. The quantitative estimate of drug-likeness (QED) is 0.0409. The number of fused-ring (bicyclic) bond motifs is 7. The van der Waals surface area contributed by atoms with Crippen LogP contribution in [0.2, 0.25) is 0 Å². The Morgan fingerprint density at radius 2 is 1.78 bits per heavy atom. The third-order valence-corrected chi connectivity index (χ3v) is 15.9. The molecule has 1 aliphatic carbocycles. The maximum Gasteiger partial charge on any atom is 0.335 e. The largest absolute Gasteiger partial charge is 0.508 e. The van der Waals surface area contributed by atoms with Crippen molar-refractivity contribution in [2.24, 2.45) is 22.4 Å². The number of carbonyl (C=O) groups excluding carboxylic acids is 1. The second kappa shape index (κ2) is 23.3. The van der Waals surface area contributed by atoms with E-state index < -0.39 is 18.1 Å². The topological polar surface area (TPSA) is 213 Å². The van der Waals surface area contributed by atoms with Crippen molar-refractivity contribution in [3.63, 3.8) is 0 Å². The molecule has 1 spiro atoms. The second-order valence-electron chi connectivity index (χ2n) is 20.8. The van der Waals surface area contributed by atoms with Crippen molar-refractivity contribution in [2.75, 3.05) is 51.5 Å². The van der Waals surface area contributed by atoms with E-state index in [1.807, 2.05) is 36.4 Å². The van der Waals surface area contributed by atoms with E-state index in [-0.39, 0.29) is 73.1 Å². The van der Waals surface area contributed by atoms with E-state index in [2.05, 4.69) is 65.7 Å². The number of aromatic nitrogens is 1. The van der Waals surface area contributed by atoms with Gasteiger partial charge in [0.1, 0.15) is 24.0 Å². The van der Waals surface area contributed by atoms with Gasteiger partial charge in [-0.2, -0.15) is 0 Å². The van der Waals surface area contributed by atoms with E-state index in [4.69, 9.17) is 40.4 Å². The van der Waals surface area contributed by atoms with Gasteiger partial charge in [0.2, 0.25) is 5.75 Å². The number of aliphatic hydroxyl groups is 2.